The van der Waals surface area contributed by atoms with E-state index < -0.39 is 17.8 Å². The zero-order valence-electron chi connectivity index (χ0n) is 13.5. The molecule has 2 rings (SSSR count). The van der Waals surface area contributed by atoms with Gasteiger partial charge in [-0.15, -0.1) is 5.06 Å². The summed E-state index contributed by atoms with van der Waals surface area (Å²) in [5.74, 6) is -1.85. The van der Waals surface area contributed by atoms with Crippen LogP contribution in [0.1, 0.15) is 39.0 Å². The molecule has 0 bridgehead atoms. The Morgan fingerprint density at radius 2 is 1.61 bits per heavy atom. The first kappa shape index (κ1) is 17.4. The minimum absolute atomic E-state index is 0.0306. The Labute approximate surface area is 135 Å². The Bertz CT molecular complexity index is 470. The summed E-state index contributed by atoms with van der Waals surface area (Å²) in [6, 6.07) is 0. The molecule has 2 aliphatic rings. The molecule has 8 heteroatoms. The van der Waals surface area contributed by atoms with Crippen LogP contribution in [-0.4, -0.2) is 71.3 Å². The summed E-state index contributed by atoms with van der Waals surface area (Å²) in [7, 11) is 0. The van der Waals surface area contributed by atoms with Crippen molar-refractivity contribution in [1.29, 1.82) is 0 Å². The summed E-state index contributed by atoms with van der Waals surface area (Å²) in [5, 5.41) is 0.510. The van der Waals surface area contributed by atoms with E-state index in [0.29, 0.717) is 18.2 Å². The van der Waals surface area contributed by atoms with Gasteiger partial charge < -0.3 is 9.74 Å². The normalized spacial score (nSPS) is 19.3. The van der Waals surface area contributed by atoms with E-state index in [2.05, 4.69) is 11.8 Å². The van der Waals surface area contributed by atoms with Gasteiger partial charge in [-0.1, -0.05) is 6.92 Å². The van der Waals surface area contributed by atoms with E-state index in [4.69, 9.17) is 4.84 Å². The van der Waals surface area contributed by atoms with Gasteiger partial charge in [-0.05, 0) is 13.0 Å². The monoisotopic (exact) mass is 325 g/mol. The lowest BCUT2D eigenvalue weighted by Gasteiger charge is -2.34. The Hall–Kier alpha value is -1.96. The molecule has 0 aliphatic carbocycles. The Morgan fingerprint density at radius 1 is 1.00 bits per heavy atom. The fourth-order valence-corrected chi connectivity index (χ4v) is 2.71. The molecule has 2 aliphatic heterocycles. The molecular weight excluding hydrogens is 302 g/mol. The summed E-state index contributed by atoms with van der Waals surface area (Å²) in [6.45, 7) is 6.18. The number of nitrogens with zero attached hydrogens (tertiary/aromatic N) is 3. The van der Waals surface area contributed by atoms with E-state index in [1.807, 2.05) is 0 Å². The van der Waals surface area contributed by atoms with Crippen LogP contribution in [0.5, 0.6) is 0 Å². The maximum atomic E-state index is 12.1. The topological polar surface area (TPSA) is 87.2 Å². The lowest BCUT2D eigenvalue weighted by molar-refractivity contribution is -0.197. The van der Waals surface area contributed by atoms with Crippen LogP contribution in [0.25, 0.3) is 0 Å². The van der Waals surface area contributed by atoms with Crippen molar-refractivity contribution in [2.75, 3.05) is 32.7 Å². The van der Waals surface area contributed by atoms with E-state index in [1.165, 1.54) is 0 Å². The highest BCUT2D eigenvalue weighted by Crippen LogP contribution is 2.13. The van der Waals surface area contributed by atoms with Gasteiger partial charge in [0.25, 0.3) is 11.8 Å². The number of imide groups is 1. The summed E-state index contributed by atoms with van der Waals surface area (Å²) < 4.78 is 0. The van der Waals surface area contributed by atoms with Crippen molar-refractivity contribution >= 4 is 23.7 Å². The Morgan fingerprint density at radius 3 is 2.17 bits per heavy atom. The first-order valence-corrected chi connectivity index (χ1v) is 8.08. The Kier molecular flexibility index (Phi) is 6.09. The van der Waals surface area contributed by atoms with Crippen LogP contribution in [0, 0.1) is 0 Å². The third kappa shape index (κ3) is 4.75. The number of hydrogen-bond acceptors (Lipinski definition) is 6. The van der Waals surface area contributed by atoms with Gasteiger partial charge >= 0.3 is 5.97 Å². The highest BCUT2D eigenvalue weighted by molar-refractivity contribution is 6.01. The number of hydroxylamine groups is 2. The molecule has 2 saturated heterocycles. The van der Waals surface area contributed by atoms with Gasteiger partial charge in [0.05, 0.1) is 6.42 Å². The molecule has 2 fully saturated rings. The lowest BCUT2D eigenvalue weighted by Crippen LogP contribution is -2.48. The molecule has 0 saturated carbocycles. The first-order valence-electron chi connectivity index (χ1n) is 8.08. The van der Waals surface area contributed by atoms with Crippen LogP contribution >= 0.6 is 0 Å². The number of piperazine rings is 1. The summed E-state index contributed by atoms with van der Waals surface area (Å²) in [4.78, 5) is 55.2. The zero-order valence-corrected chi connectivity index (χ0v) is 13.5. The predicted molar refractivity (Wildman–Crippen MR) is 79.7 cm³/mol. The van der Waals surface area contributed by atoms with Crippen LogP contribution in [0.3, 0.4) is 0 Å². The second-order valence-corrected chi connectivity index (χ2v) is 5.77. The lowest BCUT2D eigenvalue weighted by atomic mass is 10.2. The van der Waals surface area contributed by atoms with Crippen molar-refractivity contribution < 1.29 is 24.0 Å². The average Bonchev–Trinajstić information content (AvgIpc) is 2.85. The van der Waals surface area contributed by atoms with E-state index >= 15 is 0 Å². The van der Waals surface area contributed by atoms with Crippen LogP contribution in [0.2, 0.25) is 0 Å². The van der Waals surface area contributed by atoms with Crippen molar-refractivity contribution in [2.24, 2.45) is 0 Å². The van der Waals surface area contributed by atoms with Crippen molar-refractivity contribution in [3.05, 3.63) is 0 Å². The maximum Gasteiger partial charge on any atom is 0.333 e. The molecule has 3 amide bonds. The Balaban J connectivity index is 1.69. The van der Waals surface area contributed by atoms with Gasteiger partial charge in [-0.2, -0.15) is 0 Å². The standard InChI is InChI=1S/C15H23N3O5/c1-2-7-16-8-10-17(11-9-16)12(19)5-6-15(22)23-18-13(20)3-4-14(18)21/h2-11H2,1H3. The fraction of sp³-hybridized carbons (Fsp3) is 0.733. The molecule has 2 heterocycles. The molecule has 0 radical (unpaired) electrons. The molecular formula is C15H23N3O5. The van der Waals surface area contributed by atoms with Gasteiger partial charge in [0.15, 0.2) is 0 Å². The van der Waals surface area contributed by atoms with Gasteiger partial charge in [0, 0.05) is 45.4 Å². The van der Waals surface area contributed by atoms with E-state index in [9.17, 15) is 19.2 Å². The van der Waals surface area contributed by atoms with Crippen LogP contribution in [0.15, 0.2) is 0 Å². The van der Waals surface area contributed by atoms with Crippen LogP contribution in [-0.2, 0) is 24.0 Å². The summed E-state index contributed by atoms with van der Waals surface area (Å²) >= 11 is 0. The van der Waals surface area contributed by atoms with E-state index in [1.54, 1.807) is 4.90 Å². The van der Waals surface area contributed by atoms with E-state index in [-0.39, 0.29) is 31.6 Å². The smallest absolute Gasteiger partial charge is 0.333 e. The van der Waals surface area contributed by atoms with Crippen molar-refractivity contribution in [3.63, 3.8) is 0 Å². The minimum Gasteiger partial charge on any atom is -0.340 e. The van der Waals surface area contributed by atoms with Gasteiger partial charge in [-0.25, -0.2) is 4.79 Å². The quantitative estimate of drug-likeness (QED) is 0.635. The van der Waals surface area contributed by atoms with Crippen LogP contribution < -0.4 is 0 Å². The van der Waals surface area contributed by atoms with Gasteiger partial charge in [0.1, 0.15) is 0 Å². The number of rotatable bonds is 6. The highest BCUT2D eigenvalue weighted by Gasteiger charge is 2.33. The molecule has 23 heavy (non-hydrogen) atoms. The third-order valence-corrected chi connectivity index (χ3v) is 4.01. The third-order valence-electron chi connectivity index (χ3n) is 4.01. The molecule has 0 aromatic carbocycles. The largest absolute Gasteiger partial charge is 0.340 e. The highest BCUT2D eigenvalue weighted by atomic mass is 16.7. The average molecular weight is 325 g/mol. The van der Waals surface area contributed by atoms with Gasteiger partial charge in [-0.3, -0.25) is 19.3 Å². The van der Waals surface area contributed by atoms with Crippen molar-refractivity contribution in [3.8, 4) is 0 Å². The minimum atomic E-state index is -0.730. The summed E-state index contributed by atoms with van der Waals surface area (Å²) in [5.41, 5.74) is 0. The number of hydrogen-bond donors (Lipinski definition) is 0. The molecule has 128 valence electrons. The fourth-order valence-electron chi connectivity index (χ4n) is 2.71. The second-order valence-electron chi connectivity index (χ2n) is 5.77. The molecule has 0 atom stereocenters. The molecule has 0 spiro atoms. The number of carbonyl (C=O) groups excluding carboxylic acids is 4. The van der Waals surface area contributed by atoms with Gasteiger partial charge in [0.2, 0.25) is 5.91 Å². The summed E-state index contributed by atoms with van der Waals surface area (Å²) in [6.07, 6.45) is 1.11. The van der Waals surface area contributed by atoms with E-state index in [0.717, 1.165) is 26.1 Å². The second kappa shape index (κ2) is 8.05. The number of carbonyl (C=O) groups is 4. The van der Waals surface area contributed by atoms with Crippen molar-refractivity contribution in [1.82, 2.24) is 14.9 Å². The first-order chi connectivity index (χ1) is 11.0. The SMILES string of the molecule is CCCN1CCN(C(=O)CCC(=O)ON2C(=O)CCC2=O)CC1. The van der Waals surface area contributed by atoms with Crippen LogP contribution in [0.4, 0.5) is 0 Å². The predicted octanol–water partition coefficient (Wildman–Crippen LogP) is -0.0720. The zero-order chi connectivity index (χ0) is 16.8. The maximum absolute atomic E-state index is 12.1. The molecule has 0 N–H and O–H groups in total. The molecule has 0 aromatic heterocycles. The van der Waals surface area contributed by atoms with Crippen molar-refractivity contribution in [2.45, 2.75) is 39.0 Å². The molecule has 0 aromatic rings. The molecule has 8 nitrogen and oxygen atoms in total. The molecule has 0 unspecified atom stereocenters. The number of amides is 3.